The van der Waals surface area contributed by atoms with Crippen molar-refractivity contribution in [2.24, 2.45) is 0 Å². The van der Waals surface area contributed by atoms with E-state index in [0.717, 1.165) is 16.9 Å². The van der Waals surface area contributed by atoms with Gasteiger partial charge in [0.25, 0.3) is 5.91 Å². The lowest BCUT2D eigenvalue weighted by atomic mass is 10.2. The summed E-state index contributed by atoms with van der Waals surface area (Å²) in [6.45, 7) is 3.78. The standard InChI is InChI=1S/C20H21N3O4/c1-13-5-4-6-17(11-13)26-14(2)20(24)21-12-18-22-19(23-27-18)15-7-9-16(25-3)10-8-15/h4-11,14H,12H2,1-3H3,(H,21,24)/t14-/m0/s1. The van der Waals surface area contributed by atoms with Gasteiger partial charge in [-0.25, -0.2) is 0 Å². The van der Waals surface area contributed by atoms with E-state index in [1.54, 1.807) is 14.0 Å². The van der Waals surface area contributed by atoms with Crippen LogP contribution in [0.1, 0.15) is 18.4 Å². The van der Waals surface area contributed by atoms with Gasteiger partial charge in [0.05, 0.1) is 13.7 Å². The van der Waals surface area contributed by atoms with Gasteiger partial charge in [-0.05, 0) is 55.8 Å². The van der Waals surface area contributed by atoms with E-state index in [2.05, 4.69) is 15.5 Å². The molecule has 2 aromatic carbocycles. The second-order valence-corrected chi connectivity index (χ2v) is 6.03. The summed E-state index contributed by atoms with van der Waals surface area (Å²) >= 11 is 0. The molecular formula is C20H21N3O4. The number of methoxy groups -OCH3 is 1. The van der Waals surface area contributed by atoms with E-state index < -0.39 is 6.10 Å². The third-order valence-corrected chi connectivity index (χ3v) is 3.90. The third kappa shape index (κ3) is 4.84. The quantitative estimate of drug-likeness (QED) is 0.690. The molecule has 0 spiro atoms. The van der Waals surface area contributed by atoms with Crippen LogP contribution < -0.4 is 14.8 Å². The van der Waals surface area contributed by atoms with Gasteiger partial charge in [0.2, 0.25) is 11.7 Å². The van der Waals surface area contributed by atoms with Crippen molar-refractivity contribution in [2.45, 2.75) is 26.5 Å². The molecule has 27 heavy (non-hydrogen) atoms. The Bertz CT molecular complexity index is 906. The van der Waals surface area contributed by atoms with Crippen LogP contribution in [0.15, 0.2) is 53.1 Å². The molecule has 7 nitrogen and oxygen atoms in total. The van der Waals surface area contributed by atoms with E-state index in [-0.39, 0.29) is 12.5 Å². The number of carbonyl (C=O) groups excluding carboxylic acids is 1. The highest BCUT2D eigenvalue weighted by molar-refractivity contribution is 5.80. The Hall–Kier alpha value is -3.35. The van der Waals surface area contributed by atoms with Gasteiger partial charge in [-0.3, -0.25) is 4.79 Å². The van der Waals surface area contributed by atoms with Crippen molar-refractivity contribution in [1.29, 1.82) is 0 Å². The topological polar surface area (TPSA) is 86.5 Å². The first-order valence-electron chi connectivity index (χ1n) is 8.53. The number of rotatable bonds is 7. The van der Waals surface area contributed by atoms with Crippen molar-refractivity contribution in [1.82, 2.24) is 15.5 Å². The van der Waals surface area contributed by atoms with Crippen LogP contribution in [0.2, 0.25) is 0 Å². The lowest BCUT2D eigenvalue weighted by Crippen LogP contribution is -2.36. The van der Waals surface area contributed by atoms with Gasteiger partial charge in [-0.15, -0.1) is 0 Å². The van der Waals surface area contributed by atoms with Crippen LogP contribution in [0.5, 0.6) is 11.5 Å². The Morgan fingerprint density at radius 1 is 1.19 bits per heavy atom. The highest BCUT2D eigenvalue weighted by Crippen LogP contribution is 2.19. The number of aromatic nitrogens is 2. The zero-order valence-electron chi connectivity index (χ0n) is 15.4. The largest absolute Gasteiger partial charge is 0.497 e. The molecule has 0 saturated heterocycles. The van der Waals surface area contributed by atoms with E-state index >= 15 is 0 Å². The first kappa shape index (κ1) is 18.4. The van der Waals surface area contributed by atoms with Crippen molar-refractivity contribution in [2.75, 3.05) is 7.11 Å². The van der Waals surface area contributed by atoms with Gasteiger partial charge in [-0.1, -0.05) is 17.3 Å². The summed E-state index contributed by atoms with van der Waals surface area (Å²) in [6, 6.07) is 14.9. The zero-order valence-corrected chi connectivity index (χ0v) is 15.4. The van der Waals surface area contributed by atoms with Crippen molar-refractivity contribution < 1.29 is 18.8 Å². The molecule has 7 heteroatoms. The minimum Gasteiger partial charge on any atom is -0.497 e. The molecule has 0 aliphatic heterocycles. The number of hydrogen-bond donors (Lipinski definition) is 1. The predicted octanol–water partition coefficient (Wildman–Crippen LogP) is 3.14. The third-order valence-electron chi connectivity index (χ3n) is 3.90. The fraction of sp³-hybridized carbons (Fsp3) is 0.250. The number of carbonyl (C=O) groups is 1. The zero-order chi connectivity index (χ0) is 19.2. The number of nitrogens with zero attached hydrogens (tertiary/aromatic N) is 2. The molecule has 0 saturated carbocycles. The van der Waals surface area contributed by atoms with Gasteiger partial charge in [0.15, 0.2) is 6.10 Å². The number of aryl methyl sites for hydroxylation is 1. The summed E-state index contributed by atoms with van der Waals surface area (Å²) in [4.78, 5) is 16.5. The summed E-state index contributed by atoms with van der Waals surface area (Å²) in [7, 11) is 1.60. The highest BCUT2D eigenvalue weighted by atomic mass is 16.5. The molecule has 3 rings (SSSR count). The van der Waals surface area contributed by atoms with Gasteiger partial charge < -0.3 is 19.3 Å². The Labute approximate surface area is 157 Å². The van der Waals surface area contributed by atoms with Crippen LogP contribution in [0.3, 0.4) is 0 Å². The molecule has 1 heterocycles. The number of nitrogens with one attached hydrogen (secondary N) is 1. The summed E-state index contributed by atoms with van der Waals surface area (Å²) in [5.74, 6) is 1.90. The smallest absolute Gasteiger partial charge is 0.261 e. The minimum atomic E-state index is -0.643. The average molecular weight is 367 g/mol. The van der Waals surface area contributed by atoms with E-state index in [1.807, 2.05) is 55.5 Å². The van der Waals surface area contributed by atoms with Crippen molar-refractivity contribution >= 4 is 5.91 Å². The molecule has 0 aliphatic rings. The Kier molecular flexibility index (Phi) is 5.71. The molecule has 0 radical (unpaired) electrons. The second-order valence-electron chi connectivity index (χ2n) is 6.03. The maximum atomic E-state index is 12.2. The maximum Gasteiger partial charge on any atom is 0.261 e. The SMILES string of the molecule is COc1ccc(-c2noc(CNC(=O)[C@H](C)Oc3cccc(C)c3)n2)cc1. The molecule has 0 aliphatic carbocycles. The molecule has 0 bridgehead atoms. The van der Waals surface area contributed by atoms with E-state index in [0.29, 0.717) is 17.5 Å². The van der Waals surface area contributed by atoms with Crippen LogP contribution >= 0.6 is 0 Å². The average Bonchev–Trinajstić information content (AvgIpc) is 3.15. The molecule has 0 unspecified atom stereocenters. The van der Waals surface area contributed by atoms with Crippen LogP contribution in [-0.4, -0.2) is 29.3 Å². The Morgan fingerprint density at radius 3 is 2.67 bits per heavy atom. The van der Waals surface area contributed by atoms with Crippen LogP contribution in [-0.2, 0) is 11.3 Å². The van der Waals surface area contributed by atoms with E-state index in [4.69, 9.17) is 14.0 Å². The number of benzene rings is 2. The van der Waals surface area contributed by atoms with Gasteiger partial charge in [0, 0.05) is 5.56 Å². The first-order valence-corrected chi connectivity index (χ1v) is 8.53. The number of hydrogen-bond acceptors (Lipinski definition) is 6. The summed E-state index contributed by atoms with van der Waals surface area (Å²) in [6.07, 6.45) is -0.643. The fourth-order valence-corrected chi connectivity index (χ4v) is 2.44. The molecule has 140 valence electrons. The van der Waals surface area contributed by atoms with Crippen LogP contribution in [0, 0.1) is 6.92 Å². The van der Waals surface area contributed by atoms with Crippen molar-refractivity contribution in [3.05, 3.63) is 60.0 Å². The van der Waals surface area contributed by atoms with Crippen LogP contribution in [0.25, 0.3) is 11.4 Å². The molecule has 1 atom stereocenters. The monoisotopic (exact) mass is 367 g/mol. The van der Waals surface area contributed by atoms with Crippen LogP contribution in [0.4, 0.5) is 0 Å². The second kappa shape index (κ2) is 8.35. The number of amides is 1. The van der Waals surface area contributed by atoms with Gasteiger partial charge in [0.1, 0.15) is 11.5 Å². The first-order chi connectivity index (χ1) is 13.0. The number of ether oxygens (including phenoxy) is 2. The van der Waals surface area contributed by atoms with E-state index in [1.165, 1.54) is 0 Å². The van der Waals surface area contributed by atoms with Crippen molar-refractivity contribution in [3.8, 4) is 22.9 Å². The lowest BCUT2D eigenvalue weighted by Gasteiger charge is -2.14. The van der Waals surface area contributed by atoms with E-state index in [9.17, 15) is 4.79 Å². The molecule has 3 aromatic rings. The summed E-state index contributed by atoms with van der Waals surface area (Å²) in [5.41, 5.74) is 1.87. The minimum absolute atomic E-state index is 0.128. The molecule has 1 amide bonds. The Morgan fingerprint density at radius 2 is 1.96 bits per heavy atom. The predicted molar refractivity (Wildman–Crippen MR) is 99.4 cm³/mol. The normalized spacial score (nSPS) is 11.7. The van der Waals surface area contributed by atoms with Gasteiger partial charge in [-0.2, -0.15) is 4.98 Å². The molecule has 0 fully saturated rings. The summed E-state index contributed by atoms with van der Waals surface area (Å²) < 4.78 is 16.0. The maximum absolute atomic E-state index is 12.2. The molecule has 1 N–H and O–H groups in total. The van der Waals surface area contributed by atoms with Gasteiger partial charge >= 0.3 is 0 Å². The molecular weight excluding hydrogens is 346 g/mol. The Balaban J connectivity index is 1.55. The summed E-state index contributed by atoms with van der Waals surface area (Å²) in [5, 5.41) is 6.67. The fourth-order valence-electron chi connectivity index (χ4n) is 2.44. The van der Waals surface area contributed by atoms with Crippen molar-refractivity contribution in [3.63, 3.8) is 0 Å². The molecule has 1 aromatic heterocycles. The lowest BCUT2D eigenvalue weighted by molar-refractivity contribution is -0.127. The highest BCUT2D eigenvalue weighted by Gasteiger charge is 2.16.